The van der Waals surface area contributed by atoms with Gasteiger partial charge in [-0.2, -0.15) is 13.2 Å². The number of rotatable bonds is 5. The van der Waals surface area contributed by atoms with Crippen LogP contribution in [0, 0.1) is 0 Å². The molecule has 3 rings (SSSR count). The summed E-state index contributed by atoms with van der Waals surface area (Å²) in [5.74, 6) is 0. The summed E-state index contributed by atoms with van der Waals surface area (Å²) in [6, 6.07) is 14.0. The van der Waals surface area contributed by atoms with Crippen molar-refractivity contribution in [3.63, 3.8) is 0 Å². The number of hydrogen-bond donors (Lipinski definition) is 1. The molecule has 1 aliphatic heterocycles. The highest BCUT2D eigenvalue weighted by molar-refractivity contribution is 7.97. The molecule has 6 heteroatoms. The number of hydrogen-bond acceptors (Lipinski definition) is 3. The van der Waals surface area contributed by atoms with Crippen LogP contribution in [-0.2, 0) is 12.6 Å². The molecule has 24 heavy (non-hydrogen) atoms. The minimum absolute atomic E-state index is 0.270. The normalized spacial score (nSPS) is 15.4. The first-order chi connectivity index (χ1) is 11.4. The van der Waals surface area contributed by atoms with Crippen molar-refractivity contribution >= 4 is 17.6 Å². The molecule has 0 fully saturated rings. The average Bonchev–Trinajstić information content (AvgIpc) is 2.98. The zero-order chi connectivity index (χ0) is 17.2. The van der Waals surface area contributed by atoms with E-state index in [-0.39, 0.29) is 6.04 Å². The van der Waals surface area contributed by atoms with E-state index >= 15 is 0 Å². The SMILES string of the molecule is CC(CNSc1cccc(C(F)(F)F)c1)N1CCc2ccccc21. The molecule has 0 saturated heterocycles. The van der Waals surface area contributed by atoms with Gasteiger partial charge in [0.05, 0.1) is 5.56 Å². The summed E-state index contributed by atoms with van der Waals surface area (Å²) < 4.78 is 41.4. The molecule has 0 aliphatic carbocycles. The van der Waals surface area contributed by atoms with Gasteiger partial charge in [0, 0.05) is 29.7 Å². The smallest absolute Gasteiger partial charge is 0.367 e. The Bertz CT molecular complexity index is 703. The number of fused-ring (bicyclic) bond motifs is 1. The highest BCUT2D eigenvalue weighted by Gasteiger charge is 2.30. The first-order valence-electron chi connectivity index (χ1n) is 7.86. The minimum atomic E-state index is -4.30. The highest BCUT2D eigenvalue weighted by Crippen LogP contribution is 2.32. The Morgan fingerprint density at radius 1 is 1.17 bits per heavy atom. The quantitative estimate of drug-likeness (QED) is 0.782. The molecule has 1 heterocycles. The predicted octanol–water partition coefficient (Wildman–Crippen LogP) is 4.75. The average molecular weight is 352 g/mol. The second-order valence-electron chi connectivity index (χ2n) is 5.90. The predicted molar refractivity (Wildman–Crippen MR) is 92.3 cm³/mol. The molecule has 2 aromatic rings. The van der Waals surface area contributed by atoms with Gasteiger partial charge in [-0.3, -0.25) is 4.72 Å². The van der Waals surface area contributed by atoms with Crippen LogP contribution >= 0.6 is 11.9 Å². The summed E-state index contributed by atoms with van der Waals surface area (Å²) in [5.41, 5.74) is 2.00. The van der Waals surface area contributed by atoms with Crippen molar-refractivity contribution < 1.29 is 13.2 Å². The third kappa shape index (κ3) is 3.87. The Balaban J connectivity index is 1.56. The van der Waals surface area contributed by atoms with Crippen molar-refractivity contribution in [1.29, 1.82) is 0 Å². The van der Waals surface area contributed by atoms with Crippen LogP contribution in [-0.4, -0.2) is 19.1 Å². The van der Waals surface area contributed by atoms with Gasteiger partial charge in [-0.1, -0.05) is 24.3 Å². The maximum atomic E-state index is 12.7. The largest absolute Gasteiger partial charge is 0.416 e. The Morgan fingerprint density at radius 2 is 1.96 bits per heavy atom. The maximum absolute atomic E-state index is 12.7. The molecule has 1 atom stereocenters. The molecule has 1 unspecified atom stereocenters. The van der Waals surface area contributed by atoms with E-state index < -0.39 is 11.7 Å². The van der Waals surface area contributed by atoms with Gasteiger partial charge in [0.1, 0.15) is 0 Å². The Labute approximate surface area is 144 Å². The van der Waals surface area contributed by atoms with Crippen LogP contribution in [0.4, 0.5) is 18.9 Å². The van der Waals surface area contributed by atoms with Gasteiger partial charge in [0.2, 0.25) is 0 Å². The van der Waals surface area contributed by atoms with Crippen molar-refractivity contribution in [2.24, 2.45) is 0 Å². The monoisotopic (exact) mass is 352 g/mol. The van der Waals surface area contributed by atoms with Crippen molar-refractivity contribution in [2.45, 2.75) is 30.5 Å². The molecule has 0 saturated carbocycles. The lowest BCUT2D eigenvalue weighted by atomic mass is 10.2. The number of nitrogens with one attached hydrogen (secondary N) is 1. The fraction of sp³-hybridized carbons (Fsp3) is 0.333. The summed E-state index contributed by atoms with van der Waals surface area (Å²) in [7, 11) is 0. The molecule has 2 aromatic carbocycles. The van der Waals surface area contributed by atoms with Crippen LogP contribution < -0.4 is 9.62 Å². The number of nitrogens with zero attached hydrogens (tertiary/aromatic N) is 1. The fourth-order valence-corrected chi connectivity index (χ4v) is 3.74. The van der Waals surface area contributed by atoms with Gasteiger partial charge >= 0.3 is 6.18 Å². The maximum Gasteiger partial charge on any atom is 0.416 e. The van der Waals surface area contributed by atoms with Crippen molar-refractivity contribution in [2.75, 3.05) is 18.0 Å². The van der Waals surface area contributed by atoms with Gasteiger partial charge in [-0.25, -0.2) is 0 Å². The molecule has 0 amide bonds. The van der Waals surface area contributed by atoms with Gasteiger partial charge in [-0.05, 0) is 55.1 Å². The van der Waals surface area contributed by atoms with Crippen LogP contribution in [0.3, 0.4) is 0 Å². The molecule has 2 nitrogen and oxygen atoms in total. The summed E-state index contributed by atoms with van der Waals surface area (Å²) in [6.45, 7) is 3.80. The van der Waals surface area contributed by atoms with E-state index in [4.69, 9.17) is 0 Å². The van der Waals surface area contributed by atoms with E-state index in [9.17, 15) is 13.2 Å². The van der Waals surface area contributed by atoms with Crippen LogP contribution in [0.5, 0.6) is 0 Å². The molecule has 128 valence electrons. The van der Waals surface area contributed by atoms with E-state index in [1.807, 2.05) is 6.07 Å². The van der Waals surface area contributed by atoms with E-state index in [0.717, 1.165) is 19.0 Å². The summed E-state index contributed by atoms with van der Waals surface area (Å²) in [6.07, 6.45) is -3.26. The second kappa shape index (κ2) is 7.07. The van der Waals surface area contributed by atoms with Crippen molar-refractivity contribution in [3.8, 4) is 0 Å². The number of para-hydroxylation sites is 1. The molecule has 1 N–H and O–H groups in total. The number of benzene rings is 2. The molecule has 0 aromatic heterocycles. The van der Waals surface area contributed by atoms with Crippen LogP contribution in [0.15, 0.2) is 53.4 Å². The molecule has 0 bridgehead atoms. The first-order valence-corrected chi connectivity index (χ1v) is 8.68. The molecule has 0 spiro atoms. The molecule has 0 radical (unpaired) electrons. The van der Waals surface area contributed by atoms with E-state index in [1.54, 1.807) is 6.07 Å². The summed E-state index contributed by atoms with van der Waals surface area (Å²) in [5, 5.41) is 0. The minimum Gasteiger partial charge on any atom is -0.367 e. The molecular formula is C18H19F3N2S. The fourth-order valence-electron chi connectivity index (χ4n) is 2.91. The second-order valence-corrected chi connectivity index (χ2v) is 6.86. The lowest BCUT2D eigenvalue weighted by Crippen LogP contribution is -2.37. The van der Waals surface area contributed by atoms with Gasteiger partial charge in [-0.15, -0.1) is 0 Å². The molecule has 1 aliphatic rings. The van der Waals surface area contributed by atoms with Gasteiger partial charge in [0.25, 0.3) is 0 Å². The lowest BCUT2D eigenvalue weighted by molar-refractivity contribution is -0.137. The van der Waals surface area contributed by atoms with E-state index in [2.05, 4.69) is 34.7 Å². The van der Waals surface area contributed by atoms with Crippen molar-refractivity contribution in [1.82, 2.24) is 4.72 Å². The Hall–Kier alpha value is -1.66. The van der Waals surface area contributed by atoms with E-state index in [1.165, 1.54) is 35.3 Å². The number of halogens is 3. The third-order valence-electron chi connectivity index (χ3n) is 4.19. The first kappa shape index (κ1) is 17.2. The number of alkyl halides is 3. The zero-order valence-electron chi connectivity index (χ0n) is 13.3. The van der Waals surface area contributed by atoms with Gasteiger partial charge < -0.3 is 4.90 Å². The van der Waals surface area contributed by atoms with Crippen molar-refractivity contribution in [3.05, 3.63) is 59.7 Å². The lowest BCUT2D eigenvalue weighted by Gasteiger charge is -2.27. The third-order valence-corrected chi connectivity index (χ3v) is 4.99. The highest BCUT2D eigenvalue weighted by atomic mass is 32.2. The Morgan fingerprint density at radius 3 is 2.75 bits per heavy atom. The summed E-state index contributed by atoms with van der Waals surface area (Å²) in [4.78, 5) is 2.91. The zero-order valence-corrected chi connectivity index (χ0v) is 14.1. The Kier molecular flexibility index (Phi) is 5.06. The number of anilines is 1. The standard InChI is InChI=1S/C18H19F3N2S/c1-13(23-10-9-14-5-2-3-8-17(14)23)12-22-24-16-7-4-6-15(11-16)18(19,20)21/h2-8,11,13,22H,9-10,12H2,1H3. The topological polar surface area (TPSA) is 15.3 Å². The van der Waals surface area contributed by atoms with Crippen LogP contribution in [0.25, 0.3) is 0 Å². The van der Waals surface area contributed by atoms with Gasteiger partial charge in [0.15, 0.2) is 0 Å². The summed E-state index contributed by atoms with van der Waals surface area (Å²) >= 11 is 1.24. The van der Waals surface area contributed by atoms with E-state index in [0.29, 0.717) is 11.4 Å². The molecular weight excluding hydrogens is 333 g/mol. The van der Waals surface area contributed by atoms with Crippen LogP contribution in [0.2, 0.25) is 0 Å². The van der Waals surface area contributed by atoms with Crippen LogP contribution in [0.1, 0.15) is 18.1 Å².